The molecule has 150 valence electrons. The minimum Gasteiger partial charge on any atom is -0.369 e. The predicted octanol–water partition coefficient (Wildman–Crippen LogP) is 3.09. The molecule has 0 radical (unpaired) electrons. The van der Waals surface area contributed by atoms with Crippen LogP contribution in [0.5, 0.6) is 0 Å². The molecule has 0 saturated carbocycles. The Morgan fingerprint density at radius 2 is 1.74 bits per heavy atom. The summed E-state index contributed by atoms with van der Waals surface area (Å²) in [5.41, 5.74) is 1.35. The van der Waals surface area contributed by atoms with E-state index in [-0.39, 0.29) is 24.0 Å². The highest BCUT2D eigenvalue weighted by Gasteiger charge is 2.16. The first kappa shape index (κ1) is 22.0. The van der Waals surface area contributed by atoms with Gasteiger partial charge in [-0.2, -0.15) is 0 Å². The Morgan fingerprint density at radius 1 is 1.04 bits per heavy atom. The van der Waals surface area contributed by atoms with E-state index < -0.39 is 0 Å². The number of guanidine groups is 1. The number of aliphatic imine (C=N–C) groups is 1. The highest BCUT2D eigenvalue weighted by Crippen LogP contribution is 2.15. The Kier molecular flexibility index (Phi) is 9.97. The van der Waals surface area contributed by atoms with Crippen molar-refractivity contribution in [2.24, 2.45) is 4.99 Å². The third-order valence-electron chi connectivity index (χ3n) is 5.26. The summed E-state index contributed by atoms with van der Waals surface area (Å²) in [7, 11) is 1.85. The fraction of sp³-hybridized carbons (Fsp3) is 0.571. The van der Waals surface area contributed by atoms with E-state index in [0.29, 0.717) is 6.04 Å². The standard InChI is InChI=1S/C21H33N5.HI/c1-22-21(24-19-9-5-6-10-19)23-13-7-8-14-25-15-17-26(18-16-25)20-11-3-2-4-12-20;/h2-6,11-12,19H,7-10,13-18H2,1H3,(H2,22,23,24);1H. The van der Waals surface area contributed by atoms with Crippen LogP contribution in [0.1, 0.15) is 25.7 Å². The molecule has 0 bridgehead atoms. The van der Waals surface area contributed by atoms with Gasteiger partial charge in [-0.25, -0.2) is 0 Å². The van der Waals surface area contributed by atoms with Gasteiger partial charge in [0, 0.05) is 51.5 Å². The summed E-state index contributed by atoms with van der Waals surface area (Å²) in [6, 6.07) is 11.3. The Bertz CT molecular complexity index is 573. The maximum absolute atomic E-state index is 4.33. The van der Waals surface area contributed by atoms with Crippen LogP contribution in [0.4, 0.5) is 5.69 Å². The van der Waals surface area contributed by atoms with E-state index >= 15 is 0 Å². The fourth-order valence-electron chi connectivity index (χ4n) is 3.66. The number of halogens is 1. The van der Waals surface area contributed by atoms with Gasteiger partial charge in [0.05, 0.1) is 0 Å². The summed E-state index contributed by atoms with van der Waals surface area (Å²) in [5, 5.41) is 6.93. The second-order valence-electron chi connectivity index (χ2n) is 7.15. The van der Waals surface area contributed by atoms with Crippen molar-refractivity contribution in [1.29, 1.82) is 0 Å². The number of benzene rings is 1. The van der Waals surface area contributed by atoms with Crippen molar-refractivity contribution in [3.05, 3.63) is 42.5 Å². The molecule has 5 nitrogen and oxygen atoms in total. The number of anilines is 1. The molecule has 1 aromatic rings. The van der Waals surface area contributed by atoms with Gasteiger partial charge in [-0.15, -0.1) is 24.0 Å². The lowest BCUT2D eigenvalue weighted by Gasteiger charge is -2.36. The molecule has 0 unspecified atom stereocenters. The molecular weight excluding hydrogens is 449 g/mol. The molecule has 0 amide bonds. The van der Waals surface area contributed by atoms with E-state index in [1.165, 1.54) is 38.2 Å². The quantitative estimate of drug-likeness (QED) is 0.206. The fourth-order valence-corrected chi connectivity index (χ4v) is 3.66. The second-order valence-corrected chi connectivity index (χ2v) is 7.15. The molecule has 6 heteroatoms. The molecule has 1 aliphatic carbocycles. The SMILES string of the molecule is CN=C(NCCCCN1CCN(c2ccccc2)CC1)NC1CC=CC1.I. The van der Waals surface area contributed by atoms with Crippen LogP contribution in [0.15, 0.2) is 47.5 Å². The van der Waals surface area contributed by atoms with Crippen molar-refractivity contribution in [3.63, 3.8) is 0 Å². The molecule has 0 atom stereocenters. The summed E-state index contributed by atoms with van der Waals surface area (Å²) in [6.45, 7) is 6.79. The van der Waals surface area contributed by atoms with Crippen molar-refractivity contribution in [2.75, 3.05) is 51.2 Å². The van der Waals surface area contributed by atoms with Crippen LogP contribution in [0, 0.1) is 0 Å². The molecule has 3 rings (SSSR count). The van der Waals surface area contributed by atoms with Gasteiger partial charge in [0.2, 0.25) is 0 Å². The van der Waals surface area contributed by atoms with E-state index in [2.05, 4.69) is 67.9 Å². The van der Waals surface area contributed by atoms with E-state index in [9.17, 15) is 0 Å². The van der Waals surface area contributed by atoms with Crippen molar-refractivity contribution >= 4 is 35.6 Å². The summed E-state index contributed by atoms with van der Waals surface area (Å²) >= 11 is 0. The molecule has 1 saturated heterocycles. The van der Waals surface area contributed by atoms with Crippen LogP contribution in [-0.2, 0) is 0 Å². The maximum atomic E-state index is 4.33. The zero-order valence-electron chi connectivity index (χ0n) is 16.4. The zero-order chi connectivity index (χ0) is 18.0. The van der Waals surface area contributed by atoms with Crippen LogP contribution in [0.25, 0.3) is 0 Å². The molecule has 27 heavy (non-hydrogen) atoms. The third-order valence-corrected chi connectivity index (χ3v) is 5.26. The Balaban J connectivity index is 0.00000261. The average Bonchev–Trinajstić information content (AvgIpc) is 3.21. The van der Waals surface area contributed by atoms with Crippen molar-refractivity contribution < 1.29 is 0 Å². The number of rotatable bonds is 7. The predicted molar refractivity (Wildman–Crippen MR) is 126 cm³/mol. The molecule has 0 aromatic heterocycles. The zero-order valence-corrected chi connectivity index (χ0v) is 18.8. The van der Waals surface area contributed by atoms with Gasteiger partial charge in [0.25, 0.3) is 0 Å². The summed E-state index contributed by atoms with van der Waals surface area (Å²) in [6.07, 6.45) is 9.11. The third kappa shape index (κ3) is 7.33. The van der Waals surface area contributed by atoms with E-state index in [1.807, 2.05) is 7.05 Å². The molecule has 2 aliphatic rings. The van der Waals surface area contributed by atoms with Gasteiger partial charge in [-0.1, -0.05) is 30.4 Å². The molecule has 1 aromatic carbocycles. The number of piperazine rings is 1. The lowest BCUT2D eigenvalue weighted by molar-refractivity contribution is 0.253. The number of hydrogen-bond donors (Lipinski definition) is 2. The molecular formula is C21H34IN5. The highest BCUT2D eigenvalue weighted by atomic mass is 127. The first-order valence-electron chi connectivity index (χ1n) is 9.99. The number of para-hydroxylation sites is 1. The minimum absolute atomic E-state index is 0. The number of unbranched alkanes of at least 4 members (excludes halogenated alkanes) is 1. The van der Waals surface area contributed by atoms with Crippen molar-refractivity contribution in [2.45, 2.75) is 31.7 Å². The smallest absolute Gasteiger partial charge is 0.191 e. The molecule has 2 N–H and O–H groups in total. The largest absolute Gasteiger partial charge is 0.369 e. The number of hydrogen-bond acceptors (Lipinski definition) is 3. The Labute approximate surface area is 181 Å². The number of nitrogens with zero attached hydrogens (tertiary/aromatic N) is 3. The maximum Gasteiger partial charge on any atom is 0.191 e. The van der Waals surface area contributed by atoms with Gasteiger partial charge in [-0.05, 0) is 44.4 Å². The molecule has 0 spiro atoms. The first-order chi connectivity index (χ1) is 12.8. The van der Waals surface area contributed by atoms with Crippen LogP contribution in [0.2, 0.25) is 0 Å². The second kappa shape index (κ2) is 12.2. The minimum atomic E-state index is 0. The van der Waals surface area contributed by atoms with Gasteiger partial charge in [0.1, 0.15) is 0 Å². The van der Waals surface area contributed by atoms with Gasteiger partial charge < -0.3 is 15.5 Å². The van der Waals surface area contributed by atoms with Crippen LogP contribution < -0.4 is 15.5 Å². The monoisotopic (exact) mass is 483 g/mol. The number of nitrogens with one attached hydrogen (secondary N) is 2. The lowest BCUT2D eigenvalue weighted by Crippen LogP contribution is -2.46. The van der Waals surface area contributed by atoms with Gasteiger partial charge in [-0.3, -0.25) is 9.89 Å². The van der Waals surface area contributed by atoms with E-state index in [0.717, 1.165) is 38.4 Å². The van der Waals surface area contributed by atoms with Gasteiger partial charge in [0.15, 0.2) is 5.96 Å². The van der Waals surface area contributed by atoms with Crippen LogP contribution in [0.3, 0.4) is 0 Å². The van der Waals surface area contributed by atoms with E-state index in [1.54, 1.807) is 0 Å². The summed E-state index contributed by atoms with van der Waals surface area (Å²) < 4.78 is 0. The van der Waals surface area contributed by atoms with Crippen LogP contribution >= 0.6 is 24.0 Å². The summed E-state index contributed by atoms with van der Waals surface area (Å²) in [5.74, 6) is 0.940. The Morgan fingerprint density at radius 3 is 2.41 bits per heavy atom. The lowest BCUT2D eigenvalue weighted by atomic mass is 10.2. The molecule has 1 fully saturated rings. The molecule has 1 heterocycles. The topological polar surface area (TPSA) is 42.9 Å². The normalized spacial score (nSPS) is 18.4. The summed E-state index contributed by atoms with van der Waals surface area (Å²) in [4.78, 5) is 9.41. The first-order valence-corrected chi connectivity index (χ1v) is 9.99. The van der Waals surface area contributed by atoms with E-state index in [4.69, 9.17) is 0 Å². The highest BCUT2D eigenvalue weighted by molar-refractivity contribution is 14.0. The average molecular weight is 483 g/mol. The van der Waals surface area contributed by atoms with Crippen LogP contribution in [-0.4, -0.2) is 63.2 Å². The van der Waals surface area contributed by atoms with Gasteiger partial charge >= 0.3 is 0 Å². The van der Waals surface area contributed by atoms with Crippen molar-refractivity contribution in [1.82, 2.24) is 15.5 Å². The molecule has 1 aliphatic heterocycles. The Hall–Kier alpha value is -1.28. The van der Waals surface area contributed by atoms with Crippen molar-refractivity contribution in [3.8, 4) is 0 Å².